The minimum atomic E-state index is -0.835. The lowest BCUT2D eigenvalue weighted by atomic mass is 9.87. The average Bonchev–Trinajstić information content (AvgIpc) is 2.29. The number of aryl methyl sites for hydroxylation is 2. The molecule has 0 aliphatic heterocycles. The van der Waals surface area contributed by atoms with E-state index in [2.05, 4.69) is 6.07 Å². The van der Waals surface area contributed by atoms with Crippen molar-refractivity contribution < 1.29 is 9.90 Å². The summed E-state index contributed by atoms with van der Waals surface area (Å²) in [6.45, 7) is 0.161. The van der Waals surface area contributed by atoms with Crippen LogP contribution in [0.2, 0.25) is 0 Å². The molecule has 1 aliphatic rings. The molecule has 0 heterocycles. The van der Waals surface area contributed by atoms with Crippen molar-refractivity contribution in [2.45, 2.75) is 31.6 Å². The Hall–Kier alpha value is -1.35. The van der Waals surface area contributed by atoms with E-state index in [1.165, 1.54) is 24.0 Å². The number of rotatable bonds is 3. The van der Waals surface area contributed by atoms with Crippen molar-refractivity contribution in [2.75, 3.05) is 6.54 Å². The maximum Gasteiger partial charge on any atom is 0.312 e. The van der Waals surface area contributed by atoms with Crippen LogP contribution >= 0.6 is 0 Å². The fraction of sp³-hybridized carbons (Fsp3) is 0.462. The van der Waals surface area contributed by atoms with Crippen LogP contribution in [0.3, 0.4) is 0 Å². The standard InChI is InChI=1S/C13H17NO2/c14-8-12(13(15)16)11-6-5-9-3-1-2-4-10(9)7-11/h5-7,12H,1-4,8,14H2,(H,15,16). The Morgan fingerprint density at radius 2 is 2.00 bits per heavy atom. The number of benzene rings is 1. The van der Waals surface area contributed by atoms with Crippen molar-refractivity contribution >= 4 is 5.97 Å². The van der Waals surface area contributed by atoms with Crippen LogP contribution in [0.15, 0.2) is 18.2 Å². The quantitative estimate of drug-likeness (QED) is 0.813. The Bertz CT molecular complexity index is 401. The summed E-state index contributed by atoms with van der Waals surface area (Å²) in [5, 5.41) is 9.05. The van der Waals surface area contributed by atoms with Gasteiger partial charge in [-0.1, -0.05) is 18.2 Å². The first kappa shape index (κ1) is 11.1. The summed E-state index contributed by atoms with van der Waals surface area (Å²) in [7, 11) is 0. The molecule has 0 saturated carbocycles. The first-order valence-corrected chi connectivity index (χ1v) is 5.77. The van der Waals surface area contributed by atoms with Gasteiger partial charge < -0.3 is 10.8 Å². The van der Waals surface area contributed by atoms with Gasteiger partial charge in [-0.3, -0.25) is 4.79 Å². The Morgan fingerprint density at radius 1 is 1.31 bits per heavy atom. The molecule has 16 heavy (non-hydrogen) atoms. The SMILES string of the molecule is NCC(C(=O)O)c1ccc2c(c1)CCCC2. The Balaban J connectivity index is 2.32. The first-order valence-electron chi connectivity index (χ1n) is 5.77. The minimum absolute atomic E-state index is 0.161. The third kappa shape index (κ3) is 2.09. The normalized spacial score (nSPS) is 16.6. The van der Waals surface area contributed by atoms with Gasteiger partial charge in [-0.25, -0.2) is 0 Å². The second-order valence-corrected chi connectivity index (χ2v) is 4.36. The molecule has 3 nitrogen and oxygen atoms in total. The topological polar surface area (TPSA) is 63.3 Å². The second kappa shape index (κ2) is 4.66. The summed E-state index contributed by atoms with van der Waals surface area (Å²) in [5.41, 5.74) is 9.02. The molecule has 1 aliphatic carbocycles. The lowest BCUT2D eigenvalue weighted by Crippen LogP contribution is -2.21. The van der Waals surface area contributed by atoms with E-state index in [0.717, 1.165) is 18.4 Å². The van der Waals surface area contributed by atoms with E-state index in [1.54, 1.807) is 0 Å². The van der Waals surface area contributed by atoms with Crippen molar-refractivity contribution in [3.05, 3.63) is 34.9 Å². The molecule has 0 bridgehead atoms. The number of aliphatic carboxylic acids is 1. The predicted octanol–water partition coefficient (Wildman–Crippen LogP) is 1.69. The number of carbonyl (C=O) groups is 1. The van der Waals surface area contributed by atoms with Crippen molar-refractivity contribution in [1.82, 2.24) is 0 Å². The van der Waals surface area contributed by atoms with Crippen LogP contribution in [0.5, 0.6) is 0 Å². The number of fused-ring (bicyclic) bond motifs is 1. The monoisotopic (exact) mass is 219 g/mol. The van der Waals surface area contributed by atoms with Crippen molar-refractivity contribution in [3.8, 4) is 0 Å². The number of nitrogens with two attached hydrogens (primary N) is 1. The number of hydrogen-bond donors (Lipinski definition) is 2. The summed E-state index contributed by atoms with van der Waals surface area (Å²) in [5.74, 6) is -1.40. The Morgan fingerprint density at radius 3 is 2.62 bits per heavy atom. The highest BCUT2D eigenvalue weighted by Crippen LogP contribution is 2.25. The molecule has 0 radical (unpaired) electrons. The second-order valence-electron chi connectivity index (χ2n) is 4.36. The van der Waals surface area contributed by atoms with Crippen molar-refractivity contribution in [2.24, 2.45) is 5.73 Å². The van der Waals surface area contributed by atoms with Gasteiger partial charge in [-0.05, 0) is 42.4 Å². The maximum absolute atomic E-state index is 11.0. The lowest BCUT2D eigenvalue weighted by Gasteiger charge is -2.18. The largest absolute Gasteiger partial charge is 0.481 e. The molecule has 0 saturated heterocycles. The summed E-state index contributed by atoms with van der Waals surface area (Å²) in [4.78, 5) is 11.0. The Labute approximate surface area is 95.3 Å². The molecule has 0 aromatic heterocycles. The summed E-state index contributed by atoms with van der Waals surface area (Å²) in [6, 6.07) is 6.01. The van der Waals surface area contributed by atoms with Gasteiger partial charge in [0.15, 0.2) is 0 Å². The molecule has 1 atom stereocenters. The van der Waals surface area contributed by atoms with Gasteiger partial charge in [0.25, 0.3) is 0 Å². The zero-order valence-corrected chi connectivity index (χ0v) is 9.28. The van der Waals surface area contributed by atoms with E-state index < -0.39 is 11.9 Å². The maximum atomic E-state index is 11.0. The molecule has 1 aromatic carbocycles. The van der Waals surface area contributed by atoms with Gasteiger partial charge in [0.05, 0.1) is 5.92 Å². The zero-order valence-electron chi connectivity index (χ0n) is 9.28. The third-order valence-corrected chi connectivity index (χ3v) is 3.31. The van der Waals surface area contributed by atoms with Crippen LogP contribution in [0.1, 0.15) is 35.4 Å². The number of carboxylic acid groups (broad SMARTS) is 1. The van der Waals surface area contributed by atoms with Gasteiger partial charge >= 0.3 is 5.97 Å². The molecular formula is C13H17NO2. The highest BCUT2D eigenvalue weighted by atomic mass is 16.4. The average molecular weight is 219 g/mol. The van der Waals surface area contributed by atoms with Crippen molar-refractivity contribution in [3.63, 3.8) is 0 Å². The van der Waals surface area contributed by atoms with Crippen LogP contribution in [0.25, 0.3) is 0 Å². The van der Waals surface area contributed by atoms with Crippen LogP contribution < -0.4 is 5.73 Å². The molecular weight excluding hydrogens is 202 g/mol. The molecule has 86 valence electrons. The lowest BCUT2D eigenvalue weighted by molar-refractivity contribution is -0.138. The van der Waals surface area contributed by atoms with Crippen molar-refractivity contribution in [1.29, 1.82) is 0 Å². The van der Waals surface area contributed by atoms with E-state index in [1.807, 2.05) is 12.1 Å². The van der Waals surface area contributed by atoms with Gasteiger partial charge in [0.2, 0.25) is 0 Å². The molecule has 3 heteroatoms. The summed E-state index contributed by atoms with van der Waals surface area (Å²) >= 11 is 0. The van der Waals surface area contributed by atoms with Gasteiger partial charge in [0, 0.05) is 6.54 Å². The molecule has 0 fully saturated rings. The van der Waals surface area contributed by atoms with Crippen LogP contribution in [0, 0.1) is 0 Å². The molecule has 3 N–H and O–H groups in total. The first-order chi connectivity index (χ1) is 7.72. The molecule has 0 amide bonds. The van der Waals surface area contributed by atoms with Gasteiger partial charge in [-0.2, -0.15) is 0 Å². The fourth-order valence-corrected chi connectivity index (χ4v) is 2.35. The zero-order chi connectivity index (χ0) is 11.5. The summed E-state index contributed by atoms with van der Waals surface area (Å²) in [6.07, 6.45) is 4.64. The Kier molecular flexibility index (Phi) is 3.25. The predicted molar refractivity (Wildman–Crippen MR) is 62.5 cm³/mol. The molecule has 2 rings (SSSR count). The van der Waals surface area contributed by atoms with E-state index in [9.17, 15) is 4.79 Å². The molecule has 0 spiro atoms. The van der Waals surface area contributed by atoms with E-state index >= 15 is 0 Å². The van der Waals surface area contributed by atoms with E-state index in [0.29, 0.717) is 0 Å². The highest BCUT2D eigenvalue weighted by Gasteiger charge is 2.19. The third-order valence-electron chi connectivity index (χ3n) is 3.31. The van der Waals surface area contributed by atoms with E-state index in [4.69, 9.17) is 10.8 Å². The van der Waals surface area contributed by atoms with Gasteiger partial charge in [0.1, 0.15) is 0 Å². The number of hydrogen-bond acceptors (Lipinski definition) is 2. The van der Waals surface area contributed by atoms with E-state index in [-0.39, 0.29) is 6.54 Å². The van der Waals surface area contributed by atoms with Gasteiger partial charge in [-0.15, -0.1) is 0 Å². The highest BCUT2D eigenvalue weighted by molar-refractivity contribution is 5.76. The number of carboxylic acids is 1. The van der Waals surface area contributed by atoms with Crippen LogP contribution in [0.4, 0.5) is 0 Å². The molecule has 1 aromatic rings. The molecule has 1 unspecified atom stereocenters. The minimum Gasteiger partial charge on any atom is -0.481 e. The smallest absolute Gasteiger partial charge is 0.312 e. The van der Waals surface area contributed by atoms with Crippen LogP contribution in [-0.2, 0) is 17.6 Å². The fourth-order valence-electron chi connectivity index (χ4n) is 2.35. The van der Waals surface area contributed by atoms with Crippen LogP contribution in [-0.4, -0.2) is 17.6 Å². The summed E-state index contributed by atoms with van der Waals surface area (Å²) < 4.78 is 0.